The van der Waals surface area contributed by atoms with Gasteiger partial charge >= 0.3 is 0 Å². The van der Waals surface area contributed by atoms with Crippen LogP contribution in [0.1, 0.15) is 18.5 Å². The molecule has 18 heavy (non-hydrogen) atoms. The topological polar surface area (TPSA) is 78.1 Å². The molecule has 1 saturated heterocycles. The molecule has 7 heteroatoms. The summed E-state index contributed by atoms with van der Waals surface area (Å²) in [5.41, 5.74) is 0.590. The van der Waals surface area contributed by atoms with Gasteiger partial charge in [-0.15, -0.1) is 0 Å². The highest BCUT2D eigenvalue weighted by atomic mass is 32.2. The second kappa shape index (κ2) is 5.38. The number of sulfonamides is 1. The van der Waals surface area contributed by atoms with Gasteiger partial charge in [0.2, 0.25) is 10.0 Å². The van der Waals surface area contributed by atoms with E-state index in [0.717, 1.165) is 25.9 Å². The lowest BCUT2D eigenvalue weighted by molar-refractivity contribution is 0.311. The number of hydrogen-bond donors (Lipinski definition) is 2. The van der Waals surface area contributed by atoms with Crippen LogP contribution in [0.15, 0.2) is 11.1 Å². The van der Waals surface area contributed by atoms with Crippen molar-refractivity contribution < 1.29 is 8.42 Å². The lowest BCUT2D eigenvalue weighted by atomic mass is 9.98. The summed E-state index contributed by atoms with van der Waals surface area (Å²) in [7, 11) is -1.76. The number of aromatic amines is 1. The molecule has 0 aliphatic carbocycles. The van der Waals surface area contributed by atoms with Gasteiger partial charge in [0.25, 0.3) is 0 Å². The van der Waals surface area contributed by atoms with Crippen molar-refractivity contribution in [3.05, 3.63) is 11.9 Å². The minimum Gasteiger partial charge on any atom is -0.317 e. The van der Waals surface area contributed by atoms with Gasteiger partial charge in [0.05, 0.1) is 11.9 Å². The highest BCUT2D eigenvalue weighted by Crippen LogP contribution is 2.20. The normalized spacial score (nSPS) is 18.4. The zero-order valence-electron chi connectivity index (χ0n) is 10.8. The number of aromatic nitrogens is 2. The van der Waals surface area contributed by atoms with E-state index >= 15 is 0 Å². The Labute approximate surface area is 108 Å². The van der Waals surface area contributed by atoms with E-state index in [4.69, 9.17) is 0 Å². The molecule has 1 fully saturated rings. The summed E-state index contributed by atoms with van der Waals surface area (Å²) in [6.07, 6.45) is 3.44. The molecule has 0 saturated carbocycles. The van der Waals surface area contributed by atoms with Crippen molar-refractivity contribution in [2.45, 2.75) is 24.7 Å². The molecule has 1 aliphatic rings. The van der Waals surface area contributed by atoms with Crippen molar-refractivity contribution in [2.24, 2.45) is 5.92 Å². The van der Waals surface area contributed by atoms with Gasteiger partial charge in [-0.3, -0.25) is 5.10 Å². The van der Waals surface area contributed by atoms with Crippen LogP contribution >= 0.6 is 0 Å². The molecule has 6 nitrogen and oxygen atoms in total. The smallest absolute Gasteiger partial charge is 0.246 e. The van der Waals surface area contributed by atoms with Crippen molar-refractivity contribution in [1.29, 1.82) is 0 Å². The number of H-pyrrole nitrogens is 1. The third kappa shape index (κ3) is 2.73. The predicted octanol–water partition coefficient (Wildman–Crippen LogP) is 0.338. The van der Waals surface area contributed by atoms with E-state index in [1.165, 1.54) is 10.5 Å². The Bertz CT molecular complexity index is 491. The molecule has 1 aliphatic heterocycles. The fraction of sp³-hybridized carbons (Fsp3) is 0.727. The van der Waals surface area contributed by atoms with E-state index in [0.29, 0.717) is 18.2 Å². The second-order valence-electron chi connectivity index (χ2n) is 4.84. The maximum Gasteiger partial charge on any atom is 0.246 e. The monoisotopic (exact) mass is 272 g/mol. The van der Waals surface area contributed by atoms with Crippen molar-refractivity contribution in [1.82, 2.24) is 19.8 Å². The van der Waals surface area contributed by atoms with E-state index in [-0.39, 0.29) is 4.90 Å². The summed E-state index contributed by atoms with van der Waals surface area (Å²) in [5, 5.41) is 9.72. The van der Waals surface area contributed by atoms with E-state index in [9.17, 15) is 8.42 Å². The van der Waals surface area contributed by atoms with Crippen molar-refractivity contribution in [3.63, 3.8) is 0 Å². The SMILES string of the molecule is Cc1[nH]ncc1S(=O)(=O)N(C)CC1CCNCC1. The maximum absolute atomic E-state index is 12.3. The summed E-state index contributed by atoms with van der Waals surface area (Å²) in [6, 6.07) is 0. The minimum atomic E-state index is -3.41. The van der Waals surface area contributed by atoms with Crippen LogP contribution in [0.4, 0.5) is 0 Å². The Hall–Kier alpha value is -0.920. The Kier molecular flexibility index (Phi) is 4.04. The van der Waals surface area contributed by atoms with Gasteiger partial charge in [-0.2, -0.15) is 5.10 Å². The van der Waals surface area contributed by atoms with E-state index in [1.54, 1.807) is 14.0 Å². The molecule has 0 unspecified atom stereocenters. The first kappa shape index (κ1) is 13.5. The molecular formula is C11H20N4O2S. The lowest BCUT2D eigenvalue weighted by Crippen LogP contribution is -2.37. The number of nitrogens with one attached hydrogen (secondary N) is 2. The highest BCUT2D eigenvalue weighted by molar-refractivity contribution is 7.89. The summed E-state index contributed by atoms with van der Waals surface area (Å²) in [4.78, 5) is 0.277. The number of nitrogens with zero attached hydrogens (tertiary/aromatic N) is 2. The Morgan fingerprint density at radius 2 is 2.11 bits per heavy atom. The number of piperidine rings is 1. The first-order valence-electron chi connectivity index (χ1n) is 6.19. The first-order valence-corrected chi connectivity index (χ1v) is 7.63. The molecule has 0 amide bonds. The maximum atomic E-state index is 12.3. The summed E-state index contributed by atoms with van der Waals surface area (Å²) < 4.78 is 26.1. The first-order chi connectivity index (χ1) is 8.51. The quantitative estimate of drug-likeness (QED) is 0.828. The van der Waals surface area contributed by atoms with Crippen molar-refractivity contribution in [3.8, 4) is 0 Å². The fourth-order valence-corrected chi connectivity index (χ4v) is 3.65. The van der Waals surface area contributed by atoms with E-state index < -0.39 is 10.0 Å². The zero-order chi connectivity index (χ0) is 13.2. The number of aryl methyl sites for hydroxylation is 1. The fourth-order valence-electron chi connectivity index (χ4n) is 2.29. The summed E-state index contributed by atoms with van der Waals surface area (Å²) in [6.45, 7) is 4.25. The van der Waals surface area contributed by atoms with Crippen LogP contribution in [-0.2, 0) is 10.0 Å². The van der Waals surface area contributed by atoms with Crippen LogP contribution in [0.2, 0.25) is 0 Å². The molecule has 0 radical (unpaired) electrons. The zero-order valence-corrected chi connectivity index (χ0v) is 11.6. The van der Waals surface area contributed by atoms with E-state index in [2.05, 4.69) is 15.5 Å². The van der Waals surface area contributed by atoms with Gasteiger partial charge in [0, 0.05) is 13.6 Å². The number of rotatable bonds is 4. The average molecular weight is 272 g/mol. The molecule has 0 spiro atoms. The van der Waals surface area contributed by atoms with Crippen molar-refractivity contribution >= 4 is 10.0 Å². The number of hydrogen-bond acceptors (Lipinski definition) is 4. The largest absolute Gasteiger partial charge is 0.317 e. The molecule has 2 heterocycles. The van der Waals surface area contributed by atoms with Crippen LogP contribution in [0.3, 0.4) is 0 Å². The van der Waals surface area contributed by atoms with Crippen LogP contribution in [-0.4, -0.2) is 49.6 Å². The molecular weight excluding hydrogens is 252 g/mol. The molecule has 0 aromatic carbocycles. The van der Waals surface area contributed by atoms with Crippen LogP contribution < -0.4 is 5.32 Å². The summed E-state index contributed by atoms with van der Waals surface area (Å²) in [5.74, 6) is 0.443. The molecule has 0 bridgehead atoms. The lowest BCUT2D eigenvalue weighted by Gasteiger charge is -2.27. The van der Waals surface area contributed by atoms with Gasteiger partial charge < -0.3 is 5.32 Å². The van der Waals surface area contributed by atoms with Gasteiger partial charge in [-0.1, -0.05) is 0 Å². The van der Waals surface area contributed by atoms with E-state index in [1.807, 2.05) is 0 Å². The standard InChI is InChI=1S/C11H20N4O2S/c1-9-11(7-13-14-9)18(16,17)15(2)8-10-3-5-12-6-4-10/h7,10,12H,3-6,8H2,1-2H3,(H,13,14). The highest BCUT2D eigenvalue weighted by Gasteiger charge is 2.26. The molecule has 2 N–H and O–H groups in total. The third-order valence-electron chi connectivity index (χ3n) is 3.45. The predicted molar refractivity (Wildman–Crippen MR) is 68.7 cm³/mol. The second-order valence-corrected chi connectivity index (χ2v) is 6.85. The minimum absolute atomic E-state index is 0.277. The van der Waals surface area contributed by atoms with Gasteiger partial charge in [-0.25, -0.2) is 12.7 Å². The van der Waals surface area contributed by atoms with Crippen molar-refractivity contribution in [2.75, 3.05) is 26.7 Å². The van der Waals surface area contributed by atoms with Gasteiger partial charge in [0.15, 0.2) is 0 Å². The molecule has 1 aromatic rings. The Morgan fingerprint density at radius 3 is 2.67 bits per heavy atom. The Morgan fingerprint density at radius 1 is 1.44 bits per heavy atom. The average Bonchev–Trinajstić information content (AvgIpc) is 2.77. The molecule has 102 valence electrons. The summed E-state index contributed by atoms with van der Waals surface area (Å²) >= 11 is 0. The van der Waals surface area contributed by atoms with Gasteiger partial charge in [0.1, 0.15) is 4.90 Å². The third-order valence-corrected chi connectivity index (χ3v) is 5.38. The Balaban J connectivity index is 2.08. The van der Waals surface area contributed by atoms with Crippen LogP contribution in [0.25, 0.3) is 0 Å². The van der Waals surface area contributed by atoms with Gasteiger partial charge in [-0.05, 0) is 38.8 Å². The molecule has 1 aromatic heterocycles. The molecule has 0 atom stereocenters. The molecule has 2 rings (SSSR count). The van der Waals surface area contributed by atoms with Crippen LogP contribution in [0, 0.1) is 12.8 Å². The van der Waals surface area contributed by atoms with Crippen LogP contribution in [0.5, 0.6) is 0 Å².